The zero-order valence-corrected chi connectivity index (χ0v) is 26.7. The lowest BCUT2D eigenvalue weighted by Gasteiger charge is -2.19. The zero-order valence-electron chi connectivity index (χ0n) is 26.7. The average molecular weight is 611 g/mol. The van der Waals surface area contributed by atoms with Gasteiger partial charge in [-0.1, -0.05) is 176 Å². The molecular formula is C48H34. The minimum Gasteiger partial charge on any atom is -0.0836 e. The molecule has 0 heterocycles. The van der Waals surface area contributed by atoms with Gasteiger partial charge in [-0.05, 0) is 107 Å². The van der Waals surface area contributed by atoms with Gasteiger partial charge in [0, 0.05) is 0 Å². The highest BCUT2D eigenvalue weighted by Crippen LogP contribution is 2.45. The van der Waals surface area contributed by atoms with Crippen LogP contribution in [0.25, 0.3) is 82.4 Å². The summed E-state index contributed by atoms with van der Waals surface area (Å²) in [5.74, 6) is 0. The second kappa shape index (κ2) is 12.0. The first-order valence-corrected chi connectivity index (χ1v) is 16.9. The van der Waals surface area contributed by atoms with E-state index in [1.807, 2.05) is 0 Å². The normalized spacial score (nSPS) is 12.9. The minimum absolute atomic E-state index is 1.07. The monoisotopic (exact) mass is 610 g/mol. The third kappa shape index (κ3) is 4.86. The summed E-state index contributed by atoms with van der Waals surface area (Å²) < 4.78 is 0. The molecule has 0 amide bonds. The van der Waals surface area contributed by atoms with Crippen LogP contribution >= 0.6 is 0 Å². The largest absolute Gasteiger partial charge is 0.0836 e. The maximum Gasteiger partial charge on any atom is -0.00264 e. The fraction of sp³-hybridized carbons (Fsp3) is 0.0417. The Morgan fingerprint density at radius 3 is 1.38 bits per heavy atom. The van der Waals surface area contributed by atoms with Crippen LogP contribution in [0.5, 0.6) is 0 Å². The van der Waals surface area contributed by atoms with E-state index in [0.29, 0.717) is 0 Å². The Bertz CT molecular complexity index is 2460. The van der Waals surface area contributed by atoms with Gasteiger partial charge in [0.2, 0.25) is 0 Å². The molecule has 0 saturated heterocycles. The third-order valence-corrected chi connectivity index (χ3v) is 9.89. The standard InChI is InChI=1S/C48H34/c1-4-14-33(15-5-1)39-29-24-35-30-31-40(34-16-6-2-7-17-34)46(45(35)32-39)37-25-27-38(28-26-37)48-43-22-12-10-20-41(43)47(36-18-8-3-9-19-36)42-21-11-13-23-44(42)48/h1,3-6,8-32H,2,7H2. The van der Waals surface area contributed by atoms with E-state index < -0.39 is 0 Å². The van der Waals surface area contributed by atoms with Crippen molar-refractivity contribution in [2.24, 2.45) is 0 Å². The van der Waals surface area contributed by atoms with Gasteiger partial charge in [0.25, 0.3) is 0 Å². The minimum atomic E-state index is 1.07. The first-order chi connectivity index (χ1) is 23.8. The molecule has 0 aromatic heterocycles. The van der Waals surface area contributed by atoms with E-state index in [1.165, 1.54) is 88.0 Å². The molecule has 0 nitrogen and oxygen atoms in total. The Hall–Kier alpha value is -5.98. The van der Waals surface area contributed by atoms with Crippen molar-refractivity contribution in [2.45, 2.75) is 12.8 Å². The molecule has 226 valence electrons. The number of hydrogen-bond donors (Lipinski definition) is 0. The van der Waals surface area contributed by atoms with Gasteiger partial charge in [0.15, 0.2) is 0 Å². The second-order valence-corrected chi connectivity index (χ2v) is 12.7. The lowest BCUT2D eigenvalue weighted by molar-refractivity contribution is 1.04. The summed E-state index contributed by atoms with van der Waals surface area (Å²) in [6, 6.07) is 60.2. The van der Waals surface area contributed by atoms with Crippen molar-refractivity contribution < 1.29 is 0 Å². The molecule has 0 unspecified atom stereocenters. The molecule has 0 spiro atoms. The van der Waals surface area contributed by atoms with E-state index in [-0.39, 0.29) is 0 Å². The Morgan fingerprint density at radius 2 is 0.812 bits per heavy atom. The van der Waals surface area contributed by atoms with Crippen LogP contribution in [0, 0.1) is 0 Å². The van der Waals surface area contributed by atoms with Gasteiger partial charge in [-0.2, -0.15) is 0 Å². The molecular weight excluding hydrogens is 577 g/mol. The summed E-state index contributed by atoms with van der Waals surface area (Å²) in [7, 11) is 0. The Labute approximate surface area is 282 Å². The van der Waals surface area contributed by atoms with Gasteiger partial charge in [-0.3, -0.25) is 0 Å². The van der Waals surface area contributed by atoms with E-state index in [0.717, 1.165) is 12.8 Å². The van der Waals surface area contributed by atoms with Gasteiger partial charge in [-0.15, -0.1) is 0 Å². The van der Waals surface area contributed by atoms with Crippen molar-refractivity contribution in [2.75, 3.05) is 0 Å². The SMILES string of the molecule is C1=CC(c2ccc3ccc(-c4ccccc4)cc3c2-c2ccc(-c3c4ccccc4c(-c4ccccc4)c4ccccc34)cc2)=CCC1. The summed E-state index contributed by atoms with van der Waals surface area (Å²) in [4.78, 5) is 0. The molecule has 8 aromatic rings. The predicted octanol–water partition coefficient (Wildman–Crippen LogP) is 13.5. The average Bonchev–Trinajstić information content (AvgIpc) is 3.17. The molecule has 0 heteroatoms. The lowest BCUT2D eigenvalue weighted by atomic mass is 9.84. The highest BCUT2D eigenvalue weighted by molar-refractivity contribution is 6.21. The van der Waals surface area contributed by atoms with Crippen LogP contribution in [0.15, 0.2) is 182 Å². The molecule has 0 N–H and O–H groups in total. The Balaban J connectivity index is 1.26. The second-order valence-electron chi connectivity index (χ2n) is 12.7. The number of rotatable bonds is 5. The molecule has 0 aliphatic heterocycles. The topological polar surface area (TPSA) is 0 Å². The van der Waals surface area contributed by atoms with E-state index in [2.05, 4.69) is 182 Å². The van der Waals surface area contributed by atoms with E-state index in [4.69, 9.17) is 0 Å². The molecule has 48 heavy (non-hydrogen) atoms. The first kappa shape index (κ1) is 28.3. The molecule has 0 bridgehead atoms. The highest BCUT2D eigenvalue weighted by atomic mass is 14.2. The third-order valence-electron chi connectivity index (χ3n) is 9.89. The fourth-order valence-electron chi connectivity index (χ4n) is 7.65. The van der Waals surface area contributed by atoms with Gasteiger partial charge in [0.05, 0.1) is 0 Å². The van der Waals surface area contributed by atoms with Crippen LogP contribution in [0.3, 0.4) is 0 Å². The van der Waals surface area contributed by atoms with Crippen LogP contribution in [0.1, 0.15) is 18.4 Å². The first-order valence-electron chi connectivity index (χ1n) is 16.9. The number of hydrogen-bond acceptors (Lipinski definition) is 0. The molecule has 9 rings (SSSR count). The number of allylic oxidation sites excluding steroid dienone is 4. The maximum atomic E-state index is 2.40. The lowest BCUT2D eigenvalue weighted by Crippen LogP contribution is -1.94. The molecule has 0 saturated carbocycles. The van der Waals surface area contributed by atoms with Crippen LogP contribution in [0.4, 0.5) is 0 Å². The summed E-state index contributed by atoms with van der Waals surface area (Å²) in [6.07, 6.45) is 9.18. The van der Waals surface area contributed by atoms with E-state index >= 15 is 0 Å². The fourth-order valence-corrected chi connectivity index (χ4v) is 7.65. The molecule has 0 fully saturated rings. The Morgan fingerprint density at radius 1 is 0.333 bits per heavy atom. The van der Waals surface area contributed by atoms with E-state index in [9.17, 15) is 0 Å². The van der Waals surface area contributed by atoms with E-state index in [1.54, 1.807) is 0 Å². The van der Waals surface area contributed by atoms with Crippen LogP contribution in [-0.4, -0.2) is 0 Å². The smallest absolute Gasteiger partial charge is 0.00264 e. The molecule has 1 aliphatic rings. The van der Waals surface area contributed by atoms with Crippen molar-refractivity contribution in [3.8, 4) is 44.5 Å². The summed E-state index contributed by atoms with van der Waals surface area (Å²) in [5.41, 5.74) is 12.7. The van der Waals surface area contributed by atoms with Crippen LogP contribution in [0.2, 0.25) is 0 Å². The van der Waals surface area contributed by atoms with Gasteiger partial charge in [-0.25, -0.2) is 0 Å². The number of fused-ring (bicyclic) bond motifs is 3. The summed E-state index contributed by atoms with van der Waals surface area (Å²) in [6.45, 7) is 0. The molecule has 8 aromatic carbocycles. The van der Waals surface area contributed by atoms with Crippen molar-refractivity contribution >= 4 is 37.9 Å². The van der Waals surface area contributed by atoms with Crippen LogP contribution < -0.4 is 0 Å². The quantitative estimate of drug-likeness (QED) is 0.170. The van der Waals surface area contributed by atoms with Crippen LogP contribution in [-0.2, 0) is 0 Å². The highest BCUT2D eigenvalue weighted by Gasteiger charge is 2.18. The van der Waals surface area contributed by atoms with Crippen molar-refractivity contribution in [3.05, 3.63) is 188 Å². The van der Waals surface area contributed by atoms with Crippen molar-refractivity contribution in [1.29, 1.82) is 0 Å². The summed E-state index contributed by atoms with van der Waals surface area (Å²) in [5, 5.41) is 7.65. The molecule has 0 radical (unpaired) electrons. The zero-order chi connectivity index (χ0) is 31.9. The maximum absolute atomic E-state index is 2.40. The summed E-state index contributed by atoms with van der Waals surface area (Å²) >= 11 is 0. The van der Waals surface area contributed by atoms with Gasteiger partial charge >= 0.3 is 0 Å². The molecule has 1 aliphatic carbocycles. The number of benzene rings is 8. The van der Waals surface area contributed by atoms with Crippen molar-refractivity contribution in [1.82, 2.24) is 0 Å². The van der Waals surface area contributed by atoms with Crippen molar-refractivity contribution in [3.63, 3.8) is 0 Å². The Kier molecular flexibility index (Phi) is 7.06. The molecule has 0 atom stereocenters. The van der Waals surface area contributed by atoms with Gasteiger partial charge < -0.3 is 0 Å². The van der Waals surface area contributed by atoms with Gasteiger partial charge in [0.1, 0.15) is 0 Å². The predicted molar refractivity (Wildman–Crippen MR) is 207 cm³/mol.